The van der Waals surface area contributed by atoms with Crippen molar-refractivity contribution in [3.63, 3.8) is 0 Å². The first-order chi connectivity index (χ1) is 9.79. The zero-order chi connectivity index (χ0) is 15.6. The molecular weight excluding hydrogens is 260 g/mol. The summed E-state index contributed by atoms with van der Waals surface area (Å²) in [6.07, 6.45) is 4.84. The molecule has 0 spiro atoms. The van der Waals surface area contributed by atoms with Crippen LogP contribution < -0.4 is 5.32 Å². The molecule has 2 rings (SSSR count). The van der Waals surface area contributed by atoms with Crippen LogP contribution in [-0.2, 0) is 4.74 Å². The van der Waals surface area contributed by atoms with Gasteiger partial charge in [-0.3, -0.25) is 4.90 Å². The van der Waals surface area contributed by atoms with Crippen molar-refractivity contribution in [3.05, 3.63) is 0 Å². The van der Waals surface area contributed by atoms with Crippen molar-refractivity contribution >= 4 is 0 Å². The summed E-state index contributed by atoms with van der Waals surface area (Å²) in [5, 5.41) is 3.58. The summed E-state index contributed by atoms with van der Waals surface area (Å²) < 4.78 is 5.88. The smallest absolute Gasteiger partial charge is 0.0678 e. The van der Waals surface area contributed by atoms with Crippen molar-refractivity contribution < 1.29 is 4.74 Å². The van der Waals surface area contributed by atoms with Crippen molar-refractivity contribution in [2.24, 2.45) is 17.3 Å². The van der Waals surface area contributed by atoms with E-state index in [1.54, 1.807) is 0 Å². The minimum atomic E-state index is 0.379. The Morgan fingerprint density at radius 2 is 1.71 bits per heavy atom. The van der Waals surface area contributed by atoms with Gasteiger partial charge in [-0.1, -0.05) is 20.8 Å². The van der Waals surface area contributed by atoms with Gasteiger partial charge in [0.15, 0.2) is 0 Å². The Morgan fingerprint density at radius 3 is 2.24 bits per heavy atom. The summed E-state index contributed by atoms with van der Waals surface area (Å²) in [6.45, 7) is 15.1. The van der Waals surface area contributed by atoms with Crippen LogP contribution in [0.5, 0.6) is 0 Å². The Balaban J connectivity index is 1.97. The fourth-order valence-electron chi connectivity index (χ4n) is 4.40. The van der Waals surface area contributed by atoms with Crippen LogP contribution in [0.4, 0.5) is 0 Å². The third-order valence-corrected chi connectivity index (χ3v) is 5.57. The van der Waals surface area contributed by atoms with Crippen molar-refractivity contribution in [2.75, 3.05) is 26.7 Å². The summed E-state index contributed by atoms with van der Waals surface area (Å²) in [7, 11) is 2.14. The molecule has 0 aromatic rings. The second-order valence-electron chi connectivity index (χ2n) is 8.51. The molecule has 0 radical (unpaired) electrons. The zero-order valence-electron chi connectivity index (χ0n) is 15.0. The second-order valence-corrected chi connectivity index (χ2v) is 8.51. The number of hydrogen-bond donors (Lipinski definition) is 1. The van der Waals surface area contributed by atoms with Gasteiger partial charge < -0.3 is 10.1 Å². The van der Waals surface area contributed by atoms with Crippen LogP contribution in [0.1, 0.15) is 53.9 Å². The summed E-state index contributed by atoms with van der Waals surface area (Å²) >= 11 is 0. The van der Waals surface area contributed by atoms with E-state index in [1.165, 1.54) is 25.8 Å². The van der Waals surface area contributed by atoms with Crippen LogP contribution in [-0.4, -0.2) is 49.8 Å². The molecule has 1 saturated carbocycles. The highest BCUT2D eigenvalue weighted by molar-refractivity contribution is 4.90. The van der Waals surface area contributed by atoms with E-state index < -0.39 is 0 Å². The molecule has 21 heavy (non-hydrogen) atoms. The molecule has 2 fully saturated rings. The highest BCUT2D eigenvalue weighted by Crippen LogP contribution is 2.40. The predicted molar refractivity (Wildman–Crippen MR) is 89.6 cm³/mol. The second kappa shape index (κ2) is 6.97. The Bertz CT molecular complexity index is 316. The number of rotatable bonds is 3. The van der Waals surface area contributed by atoms with E-state index in [4.69, 9.17) is 4.74 Å². The van der Waals surface area contributed by atoms with Crippen LogP contribution in [0, 0.1) is 17.3 Å². The normalized spacial score (nSPS) is 39.4. The number of nitrogens with one attached hydrogen (secondary N) is 1. The highest BCUT2D eigenvalue weighted by atomic mass is 16.5. The van der Waals surface area contributed by atoms with Crippen LogP contribution in [0.15, 0.2) is 0 Å². The Labute approximate surface area is 131 Å². The number of ether oxygens (including phenoxy) is 1. The largest absolute Gasteiger partial charge is 0.373 e. The third-order valence-electron chi connectivity index (χ3n) is 5.57. The fourth-order valence-corrected chi connectivity index (χ4v) is 4.40. The lowest BCUT2D eigenvalue weighted by Gasteiger charge is -2.45. The fraction of sp³-hybridized carbons (Fsp3) is 1.00. The molecule has 0 amide bonds. The van der Waals surface area contributed by atoms with Crippen LogP contribution >= 0.6 is 0 Å². The van der Waals surface area contributed by atoms with E-state index in [2.05, 4.69) is 51.9 Å². The molecule has 1 saturated heterocycles. The molecule has 1 heterocycles. The lowest BCUT2D eigenvalue weighted by molar-refractivity contribution is -0.0753. The summed E-state index contributed by atoms with van der Waals surface area (Å²) in [5.41, 5.74) is 0.447. The molecule has 1 aliphatic carbocycles. The van der Waals surface area contributed by atoms with Gasteiger partial charge in [-0.15, -0.1) is 0 Å². The molecule has 0 aromatic heterocycles. The Hall–Kier alpha value is -0.120. The molecule has 5 atom stereocenters. The minimum Gasteiger partial charge on any atom is -0.373 e. The highest BCUT2D eigenvalue weighted by Gasteiger charge is 2.36. The van der Waals surface area contributed by atoms with E-state index in [0.717, 1.165) is 24.9 Å². The standard InChI is InChI=1S/C18H36N2O/c1-13-10-20(11-14(2)21-13)12-15-9-16(18(3,4)5)7-8-17(15)19-6/h13-17,19H,7-12H2,1-6H3/t13-,14+,15?,16?,17?. The minimum absolute atomic E-state index is 0.379. The van der Waals surface area contributed by atoms with Gasteiger partial charge in [-0.2, -0.15) is 0 Å². The molecule has 1 aliphatic heterocycles. The molecule has 3 heteroatoms. The van der Waals surface area contributed by atoms with Gasteiger partial charge in [0.2, 0.25) is 0 Å². The van der Waals surface area contributed by atoms with Gasteiger partial charge in [-0.05, 0) is 57.4 Å². The Morgan fingerprint density at radius 1 is 1.10 bits per heavy atom. The number of morpholine rings is 1. The first-order valence-electron chi connectivity index (χ1n) is 8.84. The number of nitrogens with zero attached hydrogens (tertiary/aromatic N) is 1. The summed E-state index contributed by atoms with van der Waals surface area (Å²) in [5.74, 6) is 1.65. The van der Waals surface area contributed by atoms with E-state index in [0.29, 0.717) is 23.7 Å². The van der Waals surface area contributed by atoms with E-state index >= 15 is 0 Å². The quantitative estimate of drug-likeness (QED) is 0.866. The van der Waals surface area contributed by atoms with Crippen LogP contribution in [0.3, 0.4) is 0 Å². The maximum absolute atomic E-state index is 5.88. The first kappa shape index (κ1) is 17.2. The van der Waals surface area contributed by atoms with Crippen LogP contribution in [0.2, 0.25) is 0 Å². The molecule has 2 aliphatic rings. The molecular formula is C18H36N2O. The monoisotopic (exact) mass is 296 g/mol. The zero-order valence-corrected chi connectivity index (χ0v) is 15.0. The van der Waals surface area contributed by atoms with Crippen LogP contribution in [0.25, 0.3) is 0 Å². The molecule has 0 aromatic carbocycles. The SMILES string of the molecule is CNC1CCC(C(C)(C)C)CC1CN1C[C@@H](C)O[C@@H](C)C1. The van der Waals surface area contributed by atoms with Gasteiger partial charge in [-0.25, -0.2) is 0 Å². The predicted octanol–water partition coefficient (Wildman–Crippen LogP) is 3.15. The van der Waals surface area contributed by atoms with Gasteiger partial charge >= 0.3 is 0 Å². The number of hydrogen-bond acceptors (Lipinski definition) is 3. The van der Waals surface area contributed by atoms with Gasteiger partial charge in [0.25, 0.3) is 0 Å². The van der Waals surface area contributed by atoms with E-state index in [9.17, 15) is 0 Å². The lowest BCUT2D eigenvalue weighted by Crippen LogP contribution is -2.51. The van der Waals surface area contributed by atoms with E-state index in [1.807, 2.05) is 0 Å². The Kier molecular flexibility index (Phi) is 5.72. The van der Waals surface area contributed by atoms with Crippen molar-refractivity contribution in [2.45, 2.75) is 72.1 Å². The molecule has 3 unspecified atom stereocenters. The van der Waals surface area contributed by atoms with Gasteiger partial charge in [0.05, 0.1) is 12.2 Å². The summed E-state index contributed by atoms with van der Waals surface area (Å²) in [6, 6.07) is 0.692. The topological polar surface area (TPSA) is 24.5 Å². The molecule has 124 valence electrons. The van der Waals surface area contributed by atoms with Crippen molar-refractivity contribution in [3.8, 4) is 0 Å². The molecule has 0 bridgehead atoms. The first-order valence-corrected chi connectivity index (χ1v) is 8.84. The maximum atomic E-state index is 5.88. The van der Waals surface area contributed by atoms with Crippen molar-refractivity contribution in [1.29, 1.82) is 0 Å². The summed E-state index contributed by atoms with van der Waals surface area (Å²) in [4.78, 5) is 2.64. The van der Waals surface area contributed by atoms with Gasteiger partial charge in [0.1, 0.15) is 0 Å². The molecule has 1 N–H and O–H groups in total. The maximum Gasteiger partial charge on any atom is 0.0678 e. The average Bonchev–Trinajstić information content (AvgIpc) is 2.36. The average molecular weight is 296 g/mol. The van der Waals surface area contributed by atoms with E-state index in [-0.39, 0.29) is 0 Å². The van der Waals surface area contributed by atoms with Crippen molar-refractivity contribution in [1.82, 2.24) is 10.2 Å². The molecule has 3 nitrogen and oxygen atoms in total. The lowest BCUT2D eigenvalue weighted by atomic mass is 9.67. The van der Waals surface area contributed by atoms with Gasteiger partial charge in [0, 0.05) is 25.7 Å². The third kappa shape index (κ3) is 4.67.